The van der Waals surface area contributed by atoms with Gasteiger partial charge in [-0.05, 0) is 56.2 Å². The molecule has 0 fully saturated rings. The summed E-state index contributed by atoms with van der Waals surface area (Å²) in [4.78, 5) is 11.8. The second-order valence-electron chi connectivity index (χ2n) is 6.48. The molecule has 0 aliphatic rings. The molecule has 3 aromatic rings. The number of ether oxygens (including phenoxy) is 1. The Balaban J connectivity index is 2.14. The number of methoxy groups -OCH3 is 1. The van der Waals surface area contributed by atoms with Gasteiger partial charge < -0.3 is 19.9 Å². The highest BCUT2D eigenvalue weighted by Gasteiger charge is 2.19. The summed E-state index contributed by atoms with van der Waals surface area (Å²) >= 11 is 0. The van der Waals surface area contributed by atoms with Crippen molar-refractivity contribution in [1.82, 2.24) is 9.88 Å². The van der Waals surface area contributed by atoms with Crippen LogP contribution in [0.3, 0.4) is 0 Å². The van der Waals surface area contributed by atoms with Crippen molar-refractivity contribution in [3.05, 3.63) is 47.5 Å². The smallest absolute Gasteiger partial charge is 0.319 e. The fourth-order valence-corrected chi connectivity index (χ4v) is 3.48. The molecule has 0 aliphatic carbocycles. The van der Waals surface area contributed by atoms with E-state index in [1.165, 1.54) is 0 Å². The molecule has 6 heteroatoms. The number of nitrogens with one attached hydrogen (secondary N) is 2. The molecule has 0 saturated heterocycles. The van der Waals surface area contributed by atoms with Crippen molar-refractivity contribution in [2.75, 3.05) is 19.0 Å². The number of nitriles is 1. The standard InChI is InChI=1S/C22H24N4O2/c1-5-24-22(27)25-19-10-7-15(11-14(19)3)21-18(13-23)17-9-8-16(28-4)12-20(17)26(21)6-2/h7-12H,5-6H2,1-4H3,(H2,24,25,27). The second-order valence-corrected chi connectivity index (χ2v) is 6.48. The van der Waals surface area contributed by atoms with Gasteiger partial charge in [0.1, 0.15) is 11.8 Å². The lowest BCUT2D eigenvalue weighted by molar-refractivity contribution is 0.252. The zero-order valence-corrected chi connectivity index (χ0v) is 16.6. The number of fused-ring (bicyclic) bond motifs is 1. The van der Waals surface area contributed by atoms with Crippen LogP contribution in [0.15, 0.2) is 36.4 Å². The molecule has 2 aromatic carbocycles. The molecule has 3 rings (SSSR count). The highest BCUT2D eigenvalue weighted by Crippen LogP contribution is 2.36. The Morgan fingerprint density at radius 1 is 1.21 bits per heavy atom. The van der Waals surface area contributed by atoms with Gasteiger partial charge in [-0.3, -0.25) is 0 Å². The summed E-state index contributed by atoms with van der Waals surface area (Å²) in [5, 5.41) is 16.3. The van der Waals surface area contributed by atoms with Gasteiger partial charge in [0.15, 0.2) is 0 Å². The van der Waals surface area contributed by atoms with Crippen LogP contribution in [-0.2, 0) is 6.54 Å². The summed E-state index contributed by atoms with van der Waals surface area (Å²) in [5.74, 6) is 0.758. The molecule has 28 heavy (non-hydrogen) atoms. The number of rotatable bonds is 5. The molecular weight excluding hydrogens is 352 g/mol. The maximum Gasteiger partial charge on any atom is 0.319 e. The number of carbonyl (C=O) groups is 1. The van der Waals surface area contributed by atoms with Gasteiger partial charge >= 0.3 is 6.03 Å². The number of hydrogen-bond donors (Lipinski definition) is 2. The zero-order chi connectivity index (χ0) is 20.3. The van der Waals surface area contributed by atoms with Gasteiger partial charge in [-0.2, -0.15) is 5.26 Å². The highest BCUT2D eigenvalue weighted by molar-refractivity contribution is 5.96. The number of aromatic nitrogens is 1. The highest BCUT2D eigenvalue weighted by atomic mass is 16.5. The molecule has 0 radical (unpaired) electrons. The number of amides is 2. The predicted molar refractivity (Wildman–Crippen MR) is 112 cm³/mol. The van der Waals surface area contributed by atoms with Gasteiger partial charge in [0, 0.05) is 30.2 Å². The summed E-state index contributed by atoms with van der Waals surface area (Å²) in [7, 11) is 1.64. The molecular formula is C22H24N4O2. The number of nitrogens with zero attached hydrogens (tertiary/aromatic N) is 2. The van der Waals surface area contributed by atoms with Gasteiger partial charge in [0.25, 0.3) is 0 Å². The normalized spacial score (nSPS) is 10.5. The number of hydrogen-bond acceptors (Lipinski definition) is 3. The van der Waals surface area contributed by atoms with Crippen LogP contribution >= 0.6 is 0 Å². The van der Waals surface area contributed by atoms with Crippen molar-refractivity contribution >= 4 is 22.6 Å². The first-order valence-corrected chi connectivity index (χ1v) is 9.30. The number of benzene rings is 2. The maximum absolute atomic E-state index is 11.8. The van der Waals surface area contributed by atoms with Crippen molar-refractivity contribution < 1.29 is 9.53 Å². The summed E-state index contributed by atoms with van der Waals surface area (Å²) < 4.78 is 7.49. The van der Waals surface area contributed by atoms with Crippen molar-refractivity contribution in [2.24, 2.45) is 0 Å². The molecule has 0 unspecified atom stereocenters. The zero-order valence-electron chi connectivity index (χ0n) is 16.6. The number of carbonyl (C=O) groups excluding carboxylic acids is 1. The molecule has 6 nitrogen and oxygen atoms in total. The minimum Gasteiger partial charge on any atom is -0.497 e. The first-order valence-electron chi connectivity index (χ1n) is 9.30. The average molecular weight is 376 g/mol. The lowest BCUT2D eigenvalue weighted by Gasteiger charge is -2.13. The molecule has 2 amide bonds. The monoisotopic (exact) mass is 376 g/mol. The van der Waals surface area contributed by atoms with Crippen LogP contribution in [0.5, 0.6) is 5.75 Å². The number of aryl methyl sites for hydroxylation is 2. The van der Waals surface area contributed by atoms with E-state index in [0.717, 1.165) is 45.7 Å². The first kappa shape index (κ1) is 19.3. The van der Waals surface area contributed by atoms with E-state index in [4.69, 9.17) is 4.74 Å². The predicted octanol–water partition coefficient (Wildman–Crippen LogP) is 4.66. The molecule has 0 atom stereocenters. The van der Waals surface area contributed by atoms with E-state index >= 15 is 0 Å². The lowest BCUT2D eigenvalue weighted by Crippen LogP contribution is -2.28. The minimum absolute atomic E-state index is 0.231. The molecule has 2 N–H and O–H groups in total. The first-order chi connectivity index (χ1) is 13.5. The van der Waals surface area contributed by atoms with Crippen LogP contribution < -0.4 is 15.4 Å². The molecule has 0 saturated carbocycles. The van der Waals surface area contributed by atoms with Gasteiger partial charge in [0.05, 0.1) is 23.9 Å². The van der Waals surface area contributed by atoms with E-state index in [9.17, 15) is 10.1 Å². The van der Waals surface area contributed by atoms with Crippen molar-refractivity contribution in [2.45, 2.75) is 27.3 Å². The van der Waals surface area contributed by atoms with Gasteiger partial charge in [-0.25, -0.2) is 4.79 Å². The third-order valence-corrected chi connectivity index (χ3v) is 4.79. The topological polar surface area (TPSA) is 79.1 Å². The molecule has 1 aromatic heterocycles. The number of urea groups is 1. The van der Waals surface area contributed by atoms with E-state index in [2.05, 4.69) is 28.2 Å². The molecule has 144 valence electrons. The summed E-state index contributed by atoms with van der Waals surface area (Å²) in [6.07, 6.45) is 0. The maximum atomic E-state index is 11.8. The van der Waals surface area contributed by atoms with E-state index in [-0.39, 0.29) is 6.03 Å². The van der Waals surface area contributed by atoms with Crippen LogP contribution in [-0.4, -0.2) is 24.3 Å². The lowest BCUT2D eigenvalue weighted by atomic mass is 10.0. The van der Waals surface area contributed by atoms with Gasteiger partial charge in [-0.1, -0.05) is 6.07 Å². The van der Waals surface area contributed by atoms with Crippen LogP contribution in [0.4, 0.5) is 10.5 Å². The van der Waals surface area contributed by atoms with Crippen molar-refractivity contribution in [3.8, 4) is 23.1 Å². The average Bonchev–Trinajstić information content (AvgIpc) is 3.02. The van der Waals surface area contributed by atoms with Crippen LogP contribution in [0.25, 0.3) is 22.2 Å². The van der Waals surface area contributed by atoms with Gasteiger partial charge in [0.2, 0.25) is 0 Å². The summed E-state index contributed by atoms with van der Waals surface area (Å²) in [6, 6.07) is 13.7. The van der Waals surface area contributed by atoms with Crippen LogP contribution in [0.2, 0.25) is 0 Å². The summed E-state index contributed by atoms with van der Waals surface area (Å²) in [5.41, 5.74) is 5.10. The largest absolute Gasteiger partial charge is 0.497 e. The Kier molecular flexibility index (Phi) is 5.55. The SMILES string of the molecule is CCNC(=O)Nc1ccc(-c2c(C#N)c3ccc(OC)cc3n2CC)cc1C. The Morgan fingerprint density at radius 2 is 2.00 bits per heavy atom. The number of anilines is 1. The summed E-state index contributed by atoms with van der Waals surface area (Å²) in [6.45, 7) is 7.16. The minimum atomic E-state index is -0.231. The fourth-order valence-electron chi connectivity index (χ4n) is 3.48. The molecule has 1 heterocycles. The van der Waals surface area contributed by atoms with E-state index < -0.39 is 0 Å². The molecule has 0 bridgehead atoms. The van der Waals surface area contributed by atoms with Crippen LogP contribution in [0, 0.1) is 18.3 Å². The van der Waals surface area contributed by atoms with E-state index in [1.807, 2.05) is 50.2 Å². The second kappa shape index (κ2) is 8.05. The Labute approximate surface area is 164 Å². The van der Waals surface area contributed by atoms with Gasteiger partial charge in [-0.15, -0.1) is 0 Å². The molecule has 0 aliphatic heterocycles. The third-order valence-electron chi connectivity index (χ3n) is 4.79. The van der Waals surface area contributed by atoms with Crippen LogP contribution in [0.1, 0.15) is 25.0 Å². The van der Waals surface area contributed by atoms with E-state index in [0.29, 0.717) is 12.1 Å². The quantitative estimate of drug-likeness (QED) is 0.680. The van der Waals surface area contributed by atoms with Crippen molar-refractivity contribution in [1.29, 1.82) is 5.26 Å². The van der Waals surface area contributed by atoms with E-state index in [1.54, 1.807) is 7.11 Å². The molecule has 0 spiro atoms. The Hall–Kier alpha value is -3.46. The van der Waals surface area contributed by atoms with Crippen molar-refractivity contribution in [3.63, 3.8) is 0 Å². The Morgan fingerprint density at radius 3 is 2.61 bits per heavy atom. The fraction of sp³-hybridized carbons (Fsp3) is 0.273. The Bertz CT molecular complexity index is 1080. The third kappa shape index (κ3) is 3.39.